The molecule has 2 heterocycles. The van der Waals surface area contributed by atoms with Crippen LogP contribution < -0.4 is 0 Å². The van der Waals surface area contributed by atoms with Crippen molar-refractivity contribution in [2.45, 2.75) is 51.9 Å². The highest BCUT2D eigenvalue weighted by atomic mass is 14.9. The van der Waals surface area contributed by atoms with Crippen LogP contribution in [0, 0.1) is 0 Å². The summed E-state index contributed by atoms with van der Waals surface area (Å²) in [6.07, 6.45) is 8.11. The number of aromatic nitrogens is 4. The average Bonchev–Trinajstić information content (AvgIpc) is 2.78. The Kier molecular flexibility index (Phi) is 3.43. The van der Waals surface area contributed by atoms with Gasteiger partial charge in [0.2, 0.25) is 0 Å². The second-order valence-corrected chi connectivity index (χ2v) is 6.64. The Morgan fingerprint density at radius 2 is 1.84 bits per heavy atom. The van der Waals surface area contributed by atoms with Gasteiger partial charge >= 0.3 is 0 Å². The van der Waals surface area contributed by atoms with E-state index in [9.17, 15) is 0 Å². The first-order valence-corrected chi connectivity index (χ1v) is 6.60. The standard InChI is InChI=1S/C15H22N4/c1-14(2,3)13-18-9-11(19-13)8-15(4,5)12-10-16-6-7-17-12/h6-7,9-10H,8H2,1-5H3,(H,18,19). The van der Waals surface area contributed by atoms with Crippen molar-refractivity contribution < 1.29 is 0 Å². The largest absolute Gasteiger partial charge is 0.348 e. The van der Waals surface area contributed by atoms with E-state index in [0.29, 0.717) is 0 Å². The number of hydrogen-bond donors (Lipinski definition) is 1. The van der Waals surface area contributed by atoms with Gasteiger partial charge in [-0.15, -0.1) is 0 Å². The SMILES string of the molecule is CC(C)(C)c1nc(CC(C)(C)c2cnccn2)c[nH]1. The maximum atomic E-state index is 4.69. The number of rotatable bonds is 3. The molecule has 0 bridgehead atoms. The van der Waals surface area contributed by atoms with Gasteiger partial charge in [-0.1, -0.05) is 34.6 Å². The molecule has 2 aromatic rings. The number of H-pyrrole nitrogens is 1. The van der Waals surface area contributed by atoms with Gasteiger partial charge in [-0.05, 0) is 0 Å². The third kappa shape index (κ3) is 3.19. The zero-order chi connectivity index (χ0) is 14.1. The lowest BCUT2D eigenvalue weighted by Gasteiger charge is -2.22. The smallest absolute Gasteiger partial charge is 0.111 e. The van der Waals surface area contributed by atoms with E-state index in [2.05, 4.69) is 54.6 Å². The van der Waals surface area contributed by atoms with E-state index in [1.54, 1.807) is 12.4 Å². The fourth-order valence-corrected chi connectivity index (χ4v) is 2.03. The molecule has 0 aliphatic rings. The lowest BCUT2D eigenvalue weighted by Crippen LogP contribution is -2.22. The number of imidazole rings is 1. The molecule has 0 aliphatic carbocycles. The van der Waals surface area contributed by atoms with E-state index < -0.39 is 0 Å². The summed E-state index contributed by atoms with van der Waals surface area (Å²) in [4.78, 5) is 16.5. The van der Waals surface area contributed by atoms with Crippen LogP contribution in [0.3, 0.4) is 0 Å². The van der Waals surface area contributed by atoms with Crippen molar-refractivity contribution in [3.63, 3.8) is 0 Å². The maximum absolute atomic E-state index is 4.69. The Morgan fingerprint density at radius 3 is 2.37 bits per heavy atom. The van der Waals surface area contributed by atoms with E-state index in [4.69, 9.17) is 0 Å². The maximum Gasteiger partial charge on any atom is 0.111 e. The highest BCUT2D eigenvalue weighted by molar-refractivity contribution is 5.17. The molecule has 4 heteroatoms. The molecular weight excluding hydrogens is 236 g/mol. The van der Waals surface area contributed by atoms with Gasteiger partial charge in [0.1, 0.15) is 5.82 Å². The van der Waals surface area contributed by atoms with Gasteiger partial charge < -0.3 is 4.98 Å². The Bertz CT molecular complexity index is 535. The van der Waals surface area contributed by atoms with E-state index >= 15 is 0 Å². The zero-order valence-corrected chi connectivity index (χ0v) is 12.4. The third-order valence-electron chi connectivity index (χ3n) is 3.22. The lowest BCUT2D eigenvalue weighted by molar-refractivity contribution is 0.494. The topological polar surface area (TPSA) is 54.5 Å². The molecule has 0 amide bonds. The number of nitrogens with one attached hydrogen (secondary N) is 1. The Balaban J connectivity index is 2.19. The monoisotopic (exact) mass is 258 g/mol. The third-order valence-corrected chi connectivity index (χ3v) is 3.22. The van der Waals surface area contributed by atoms with E-state index in [1.165, 1.54) is 0 Å². The fraction of sp³-hybridized carbons (Fsp3) is 0.533. The molecule has 1 N–H and O–H groups in total. The van der Waals surface area contributed by atoms with Crippen LogP contribution in [0.2, 0.25) is 0 Å². The molecule has 102 valence electrons. The average molecular weight is 258 g/mol. The predicted octanol–water partition coefficient (Wildman–Crippen LogP) is 3.02. The summed E-state index contributed by atoms with van der Waals surface area (Å²) in [7, 11) is 0. The zero-order valence-electron chi connectivity index (χ0n) is 12.4. The summed E-state index contributed by atoms with van der Waals surface area (Å²) in [5.41, 5.74) is 2.05. The minimum absolute atomic E-state index is 0.0505. The molecule has 0 radical (unpaired) electrons. The first-order chi connectivity index (χ1) is 8.79. The van der Waals surface area contributed by atoms with Crippen molar-refractivity contribution in [3.8, 4) is 0 Å². The highest BCUT2D eigenvalue weighted by Crippen LogP contribution is 2.26. The summed E-state index contributed by atoms with van der Waals surface area (Å²) >= 11 is 0. The van der Waals surface area contributed by atoms with Crippen LogP contribution in [0.25, 0.3) is 0 Å². The molecule has 2 aromatic heterocycles. The number of hydrogen-bond acceptors (Lipinski definition) is 3. The molecule has 2 rings (SSSR count). The molecule has 0 aliphatic heterocycles. The van der Waals surface area contributed by atoms with Crippen molar-refractivity contribution in [1.82, 2.24) is 19.9 Å². The van der Waals surface area contributed by atoms with Gasteiger partial charge in [0, 0.05) is 42.0 Å². The Morgan fingerprint density at radius 1 is 1.11 bits per heavy atom. The van der Waals surface area contributed by atoms with Crippen LogP contribution in [-0.2, 0) is 17.3 Å². The summed E-state index contributed by atoms with van der Waals surface area (Å²) in [6.45, 7) is 10.8. The molecule has 19 heavy (non-hydrogen) atoms. The van der Waals surface area contributed by atoms with Crippen molar-refractivity contribution >= 4 is 0 Å². The van der Waals surface area contributed by atoms with Crippen LogP contribution in [0.1, 0.15) is 51.8 Å². The fourth-order valence-electron chi connectivity index (χ4n) is 2.03. The van der Waals surface area contributed by atoms with Gasteiger partial charge in [0.25, 0.3) is 0 Å². The van der Waals surface area contributed by atoms with Crippen molar-refractivity contribution in [3.05, 3.63) is 42.0 Å². The lowest BCUT2D eigenvalue weighted by atomic mass is 9.85. The second-order valence-electron chi connectivity index (χ2n) is 6.64. The van der Waals surface area contributed by atoms with Gasteiger partial charge in [0.15, 0.2) is 0 Å². The first kappa shape index (κ1) is 13.7. The van der Waals surface area contributed by atoms with Crippen molar-refractivity contribution in [1.29, 1.82) is 0 Å². The van der Waals surface area contributed by atoms with Gasteiger partial charge in [-0.3, -0.25) is 9.97 Å². The molecule has 0 fully saturated rings. The summed E-state index contributed by atoms with van der Waals surface area (Å²) < 4.78 is 0. The summed E-state index contributed by atoms with van der Waals surface area (Å²) in [5.74, 6) is 1.03. The van der Waals surface area contributed by atoms with Gasteiger partial charge in [0.05, 0.1) is 11.4 Å². The summed E-state index contributed by atoms with van der Waals surface area (Å²) in [5, 5.41) is 0. The molecule has 0 atom stereocenters. The number of aromatic amines is 1. The van der Waals surface area contributed by atoms with Crippen LogP contribution in [-0.4, -0.2) is 19.9 Å². The van der Waals surface area contributed by atoms with Crippen LogP contribution in [0.4, 0.5) is 0 Å². The molecule has 0 unspecified atom stereocenters. The normalized spacial score (nSPS) is 12.7. The first-order valence-electron chi connectivity index (χ1n) is 6.60. The van der Waals surface area contributed by atoms with E-state index in [-0.39, 0.29) is 10.8 Å². The second kappa shape index (κ2) is 4.76. The molecule has 4 nitrogen and oxygen atoms in total. The number of nitrogens with zero attached hydrogens (tertiary/aromatic N) is 3. The van der Waals surface area contributed by atoms with E-state index in [1.807, 2.05) is 12.4 Å². The van der Waals surface area contributed by atoms with E-state index in [0.717, 1.165) is 23.6 Å². The predicted molar refractivity (Wildman–Crippen MR) is 76.0 cm³/mol. The van der Waals surface area contributed by atoms with Crippen LogP contribution >= 0.6 is 0 Å². The molecule has 0 saturated heterocycles. The van der Waals surface area contributed by atoms with Crippen LogP contribution in [0.5, 0.6) is 0 Å². The minimum Gasteiger partial charge on any atom is -0.348 e. The minimum atomic E-state index is -0.0708. The summed E-state index contributed by atoms with van der Waals surface area (Å²) in [6, 6.07) is 0. The van der Waals surface area contributed by atoms with Gasteiger partial charge in [-0.2, -0.15) is 0 Å². The molecule has 0 aromatic carbocycles. The Labute approximate surface area is 114 Å². The van der Waals surface area contributed by atoms with Gasteiger partial charge in [-0.25, -0.2) is 4.98 Å². The van der Waals surface area contributed by atoms with Crippen molar-refractivity contribution in [2.24, 2.45) is 0 Å². The molecular formula is C15H22N4. The Hall–Kier alpha value is -1.71. The van der Waals surface area contributed by atoms with Crippen LogP contribution in [0.15, 0.2) is 24.8 Å². The van der Waals surface area contributed by atoms with Crippen molar-refractivity contribution in [2.75, 3.05) is 0 Å². The molecule has 0 saturated carbocycles. The quantitative estimate of drug-likeness (QED) is 0.920. The highest BCUT2D eigenvalue weighted by Gasteiger charge is 2.25. The molecule has 0 spiro atoms.